The number of benzene rings is 2. The van der Waals surface area contributed by atoms with E-state index in [1.807, 2.05) is 0 Å². The molecular weight excluding hydrogens is 336 g/mol. The first-order valence-corrected chi connectivity index (χ1v) is 6.90. The number of nitrogens with one attached hydrogen (secondary N) is 2. The van der Waals surface area contributed by atoms with Gasteiger partial charge in [-0.1, -0.05) is 28.1 Å². The van der Waals surface area contributed by atoms with Crippen LogP contribution < -0.4 is 15.4 Å². The molecule has 0 aliphatic rings. The third kappa shape index (κ3) is 4.06. The summed E-state index contributed by atoms with van der Waals surface area (Å²) in [6.45, 7) is 0. The summed E-state index contributed by atoms with van der Waals surface area (Å²) in [4.78, 5) is 23.7. The Morgan fingerprint density at radius 1 is 0.952 bits per heavy atom. The Bertz CT molecular complexity index is 656. The lowest BCUT2D eigenvalue weighted by atomic mass is 10.3. The standard InChI is InChI=1S/C15H13BrN2O3/c1-21-13-5-3-2-4-12(13)18-15(20)14(19)17-11-8-6-10(16)7-9-11/h2-9H,1H3,(H,17,19)(H,18,20). The van der Waals surface area contributed by atoms with Gasteiger partial charge in [0.05, 0.1) is 12.8 Å². The van der Waals surface area contributed by atoms with Crippen molar-refractivity contribution in [3.8, 4) is 5.75 Å². The van der Waals surface area contributed by atoms with E-state index in [0.29, 0.717) is 17.1 Å². The van der Waals surface area contributed by atoms with Crippen molar-refractivity contribution in [3.63, 3.8) is 0 Å². The van der Waals surface area contributed by atoms with Gasteiger partial charge in [0.25, 0.3) is 0 Å². The zero-order chi connectivity index (χ0) is 15.2. The van der Waals surface area contributed by atoms with Crippen LogP contribution in [0.25, 0.3) is 0 Å². The van der Waals surface area contributed by atoms with Gasteiger partial charge in [0, 0.05) is 10.2 Å². The van der Waals surface area contributed by atoms with Crippen LogP contribution in [0.3, 0.4) is 0 Å². The number of ether oxygens (including phenoxy) is 1. The summed E-state index contributed by atoms with van der Waals surface area (Å²) in [7, 11) is 1.49. The molecule has 108 valence electrons. The second-order valence-corrected chi connectivity index (χ2v) is 5.03. The van der Waals surface area contributed by atoms with E-state index in [2.05, 4.69) is 26.6 Å². The van der Waals surface area contributed by atoms with E-state index in [1.165, 1.54) is 7.11 Å². The van der Waals surface area contributed by atoms with Crippen LogP contribution in [0.4, 0.5) is 11.4 Å². The molecule has 2 amide bonds. The van der Waals surface area contributed by atoms with Crippen molar-refractivity contribution >= 4 is 39.1 Å². The summed E-state index contributed by atoms with van der Waals surface area (Å²) in [6.07, 6.45) is 0. The molecule has 5 nitrogen and oxygen atoms in total. The minimum absolute atomic E-state index is 0.441. The molecule has 2 aromatic rings. The number of hydrogen-bond acceptors (Lipinski definition) is 3. The molecule has 0 fully saturated rings. The fourth-order valence-corrected chi connectivity index (χ4v) is 1.91. The first kappa shape index (κ1) is 15.1. The molecule has 0 spiro atoms. The van der Waals surface area contributed by atoms with Crippen LogP contribution >= 0.6 is 15.9 Å². The number of carbonyl (C=O) groups excluding carboxylic acids is 2. The predicted molar refractivity (Wildman–Crippen MR) is 84.4 cm³/mol. The van der Waals surface area contributed by atoms with E-state index in [9.17, 15) is 9.59 Å². The van der Waals surface area contributed by atoms with E-state index in [0.717, 1.165) is 4.47 Å². The molecule has 0 aliphatic heterocycles. The van der Waals surface area contributed by atoms with Crippen molar-refractivity contribution in [1.29, 1.82) is 0 Å². The van der Waals surface area contributed by atoms with E-state index >= 15 is 0 Å². The number of carbonyl (C=O) groups is 2. The van der Waals surface area contributed by atoms with Crippen LogP contribution in [0, 0.1) is 0 Å². The smallest absolute Gasteiger partial charge is 0.314 e. The van der Waals surface area contributed by atoms with Gasteiger partial charge in [0.2, 0.25) is 0 Å². The van der Waals surface area contributed by atoms with Crippen LogP contribution in [0.15, 0.2) is 53.0 Å². The first-order chi connectivity index (χ1) is 10.1. The second kappa shape index (κ2) is 6.90. The number of halogens is 1. The molecule has 21 heavy (non-hydrogen) atoms. The Morgan fingerprint density at radius 3 is 2.24 bits per heavy atom. The van der Waals surface area contributed by atoms with Gasteiger partial charge in [-0.15, -0.1) is 0 Å². The Morgan fingerprint density at radius 2 is 1.57 bits per heavy atom. The highest BCUT2D eigenvalue weighted by Gasteiger charge is 2.15. The van der Waals surface area contributed by atoms with Crippen LogP contribution in [-0.2, 0) is 9.59 Å². The molecule has 0 aromatic heterocycles. The third-order valence-corrected chi connectivity index (χ3v) is 3.19. The molecule has 6 heteroatoms. The topological polar surface area (TPSA) is 67.4 Å². The summed E-state index contributed by atoms with van der Waals surface area (Å²) in [5.41, 5.74) is 0.981. The van der Waals surface area contributed by atoms with Gasteiger partial charge in [-0.3, -0.25) is 9.59 Å². The third-order valence-electron chi connectivity index (χ3n) is 2.66. The minimum Gasteiger partial charge on any atom is -0.495 e. The number of methoxy groups -OCH3 is 1. The van der Waals surface area contributed by atoms with E-state index in [4.69, 9.17) is 4.74 Å². The van der Waals surface area contributed by atoms with Crippen molar-refractivity contribution in [3.05, 3.63) is 53.0 Å². The van der Waals surface area contributed by atoms with E-state index in [1.54, 1.807) is 48.5 Å². The SMILES string of the molecule is COc1ccccc1NC(=O)C(=O)Nc1ccc(Br)cc1. The zero-order valence-electron chi connectivity index (χ0n) is 11.2. The molecule has 0 aliphatic carbocycles. The summed E-state index contributed by atoms with van der Waals surface area (Å²) in [5, 5.41) is 5.02. The van der Waals surface area contributed by atoms with Gasteiger partial charge in [-0.25, -0.2) is 0 Å². The lowest BCUT2D eigenvalue weighted by Gasteiger charge is -2.10. The number of para-hydroxylation sites is 2. The fraction of sp³-hybridized carbons (Fsp3) is 0.0667. The quantitative estimate of drug-likeness (QED) is 0.837. The van der Waals surface area contributed by atoms with E-state index in [-0.39, 0.29) is 0 Å². The predicted octanol–water partition coefficient (Wildman–Crippen LogP) is 3.03. The molecule has 0 bridgehead atoms. The van der Waals surface area contributed by atoms with Crippen molar-refractivity contribution in [2.45, 2.75) is 0 Å². The van der Waals surface area contributed by atoms with Crippen molar-refractivity contribution < 1.29 is 14.3 Å². The van der Waals surface area contributed by atoms with Crippen LogP contribution in [-0.4, -0.2) is 18.9 Å². The van der Waals surface area contributed by atoms with Gasteiger partial charge in [-0.2, -0.15) is 0 Å². The average Bonchev–Trinajstić information content (AvgIpc) is 2.50. The van der Waals surface area contributed by atoms with Gasteiger partial charge in [-0.05, 0) is 36.4 Å². The van der Waals surface area contributed by atoms with Crippen LogP contribution in [0.2, 0.25) is 0 Å². The molecule has 2 aromatic carbocycles. The molecule has 2 N–H and O–H groups in total. The van der Waals surface area contributed by atoms with Gasteiger partial charge < -0.3 is 15.4 Å². The van der Waals surface area contributed by atoms with Crippen LogP contribution in [0.1, 0.15) is 0 Å². The van der Waals surface area contributed by atoms with E-state index < -0.39 is 11.8 Å². The molecule has 0 unspecified atom stereocenters. The van der Waals surface area contributed by atoms with Crippen molar-refractivity contribution in [2.24, 2.45) is 0 Å². The highest BCUT2D eigenvalue weighted by atomic mass is 79.9. The molecule has 0 atom stereocenters. The number of rotatable bonds is 3. The monoisotopic (exact) mass is 348 g/mol. The molecule has 0 saturated carbocycles. The number of hydrogen-bond donors (Lipinski definition) is 2. The Balaban J connectivity index is 2.02. The largest absolute Gasteiger partial charge is 0.495 e. The Labute approximate surface area is 130 Å². The Kier molecular flexibility index (Phi) is 4.94. The maximum Gasteiger partial charge on any atom is 0.314 e. The van der Waals surface area contributed by atoms with Crippen LogP contribution in [0.5, 0.6) is 5.75 Å². The molecule has 0 saturated heterocycles. The average molecular weight is 349 g/mol. The second-order valence-electron chi connectivity index (χ2n) is 4.12. The summed E-state index contributed by atoms with van der Waals surface area (Å²) >= 11 is 3.29. The first-order valence-electron chi connectivity index (χ1n) is 6.11. The molecule has 0 radical (unpaired) electrons. The molecule has 0 heterocycles. The normalized spacial score (nSPS) is 9.81. The highest BCUT2D eigenvalue weighted by Crippen LogP contribution is 2.23. The summed E-state index contributed by atoms with van der Waals surface area (Å²) in [5.74, 6) is -1.02. The minimum atomic E-state index is -0.762. The zero-order valence-corrected chi connectivity index (χ0v) is 12.8. The molecule has 2 rings (SSSR count). The van der Waals surface area contributed by atoms with Gasteiger partial charge >= 0.3 is 11.8 Å². The maximum atomic E-state index is 11.9. The van der Waals surface area contributed by atoms with Crippen molar-refractivity contribution in [2.75, 3.05) is 17.7 Å². The highest BCUT2D eigenvalue weighted by molar-refractivity contribution is 9.10. The number of amides is 2. The molecular formula is C15H13BrN2O3. The lowest BCUT2D eigenvalue weighted by molar-refractivity contribution is -0.133. The number of anilines is 2. The maximum absolute atomic E-state index is 11.9. The fourth-order valence-electron chi connectivity index (χ4n) is 1.65. The summed E-state index contributed by atoms with van der Waals surface area (Å²) in [6, 6.07) is 13.8. The lowest BCUT2D eigenvalue weighted by Crippen LogP contribution is -2.29. The Hall–Kier alpha value is -2.34. The van der Waals surface area contributed by atoms with Gasteiger partial charge in [0.1, 0.15) is 5.75 Å². The van der Waals surface area contributed by atoms with Crippen molar-refractivity contribution in [1.82, 2.24) is 0 Å². The van der Waals surface area contributed by atoms with Gasteiger partial charge in [0.15, 0.2) is 0 Å². The summed E-state index contributed by atoms with van der Waals surface area (Å²) < 4.78 is 5.99.